The van der Waals surface area contributed by atoms with E-state index in [1.54, 1.807) is 0 Å². The summed E-state index contributed by atoms with van der Waals surface area (Å²) < 4.78 is 39.5. The van der Waals surface area contributed by atoms with Gasteiger partial charge in [0.2, 0.25) is 5.91 Å². The van der Waals surface area contributed by atoms with Crippen molar-refractivity contribution in [3.8, 4) is 5.75 Å². The Hall–Kier alpha value is -1.76. The topological polar surface area (TPSA) is 72.6 Å². The Labute approximate surface area is 101 Å². The number of rotatable bonds is 5. The minimum atomic E-state index is -4.75. The van der Waals surface area contributed by atoms with Gasteiger partial charge < -0.3 is 15.6 Å². The van der Waals surface area contributed by atoms with Gasteiger partial charge in [-0.05, 0) is 24.1 Å². The summed E-state index contributed by atoms with van der Waals surface area (Å²) in [7, 11) is 0. The van der Waals surface area contributed by atoms with E-state index in [-0.39, 0.29) is 18.8 Å². The molecule has 1 unspecified atom stereocenters. The van der Waals surface area contributed by atoms with Crippen LogP contribution in [0.4, 0.5) is 13.2 Å². The van der Waals surface area contributed by atoms with Crippen molar-refractivity contribution >= 4 is 5.91 Å². The summed E-state index contributed by atoms with van der Waals surface area (Å²) in [5.41, 5.74) is 5.57. The number of carbonyl (C=O) groups excluding carboxylic acids is 1. The number of hydrogen-bond donors (Lipinski definition) is 2. The van der Waals surface area contributed by atoms with Gasteiger partial charge in [0.15, 0.2) is 0 Å². The lowest BCUT2D eigenvalue weighted by Crippen LogP contribution is -2.22. The zero-order valence-corrected chi connectivity index (χ0v) is 9.28. The van der Waals surface area contributed by atoms with Crippen LogP contribution in [-0.2, 0) is 4.79 Å². The normalized spacial score (nSPS) is 13.1. The first kappa shape index (κ1) is 14.3. The van der Waals surface area contributed by atoms with Gasteiger partial charge in [0, 0.05) is 6.61 Å². The third-order valence-corrected chi connectivity index (χ3v) is 2.28. The first-order valence-corrected chi connectivity index (χ1v) is 5.09. The summed E-state index contributed by atoms with van der Waals surface area (Å²) in [6.07, 6.45) is -4.63. The van der Waals surface area contributed by atoms with Crippen molar-refractivity contribution in [2.75, 3.05) is 6.61 Å². The molecule has 0 aromatic heterocycles. The number of primary amides is 1. The summed E-state index contributed by atoms with van der Waals surface area (Å²) in [6.45, 7) is -0.242. The molecule has 0 aliphatic heterocycles. The zero-order chi connectivity index (χ0) is 13.8. The molecule has 1 aromatic rings. The summed E-state index contributed by atoms with van der Waals surface area (Å²) in [6, 6.07) is 4.81. The highest BCUT2D eigenvalue weighted by Gasteiger charge is 2.31. The first-order valence-electron chi connectivity index (χ1n) is 5.09. The smallest absolute Gasteiger partial charge is 0.406 e. The average Bonchev–Trinajstić information content (AvgIpc) is 2.25. The molecule has 0 fully saturated rings. The first-order chi connectivity index (χ1) is 8.33. The number of alkyl halides is 3. The minimum Gasteiger partial charge on any atom is -0.406 e. The van der Waals surface area contributed by atoms with Crippen molar-refractivity contribution < 1.29 is 27.8 Å². The fourth-order valence-corrected chi connectivity index (χ4v) is 1.50. The van der Waals surface area contributed by atoms with Crippen LogP contribution in [0.3, 0.4) is 0 Å². The van der Waals surface area contributed by atoms with E-state index in [1.165, 1.54) is 12.1 Å². The molecule has 4 nitrogen and oxygen atoms in total. The minimum absolute atomic E-state index is 0.120. The Morgan fingerprint density at radius 2 is 1.89 bits per heavy atom. The molecule has 100 valence electrons. The Kier molecular flexibility index (Phi) is 4.55. The maximum Gasteiger partial charge on any atom is 0.573 e. The van der Waals surface area contributed by atoms with Crippen molar-refractivity contribution in [1.82, 2.24) is 0 Å². The fraction of sp³-hybridized carbons (Fsp3) is 0.364. The Morgan fingerprint density at radius 1 is 1.33 bits per heavy atom. The van der Waals surface area contributed by atoms with E-state index in [1.807, 2.05) is 0 Å². The molecule has 1 aromatic carbocycles. The van der Waals surface area contributed by atoms with Gasteiger partial charge in [0.1, 0.15) is 5.75 Å². The molecule has 0 aliphatic rings. The Bertz CT molecular complexity index is 403. The molecule has 1 amide bonds. The molecule has 0 spiro atoms. The van der Waals surface area contributed by atoms with Gasteiger partial charge in [-0.1, -0.05) is 12.1 Å². The molecule has 0 heterocycles. The SMILES string of the molecule is NC(=O)C(CCO)c1ccc(OC(F)(F)F)cc1. The molecule has 1 atom stereocenters. The van der Waals surface area contributed by atoms with Gasteiger partial charge in [-0.25, -0.2) is 0 Å². The summed E-state index contributed by atoms with van der Waals surface area (Å²) in [4.78, 5) is 11.1. The van der Waals surface area contributed by atoms with Gasteiger partial charge in [0.05, 0.1) is 5.92 Å². The van der Waals surface area contributed by atoms with Crippen molar-refractivity contribution in [2.45, 2.75) is 18.7 Å². The van der Waals surface area contributed by atoms with Crippen LogP contribution in [-0.4, -0.2) is 24.0 Å². The van der Waals surface area contributed by atoms with Crippen LogP contribution in [0.15, 0.2) is 24.3 Å². The predicted octanol–water partition coefficient (Wildman–Crippen LogP) is 1.54. The van der Waals surface area contributed by atoms with Gasteiger partial charge in [0.25, 0.3) is 0 Å². The fourth-order valence-electron chi connectivity index (χ4n) is 1.50. The highest BCUT2D eigenvalue weighted by molar-refractivity contribution is 5.81. The summed E-state index contributed by atoms with van der Waals surface area (Å²) in [5, 5.41) is 8.77. The van der Waals surface area contributed by atoms with E-state index in [4.69, 9.17) is 10.8 Å². The number of halogens is 3. The number of aliphatic hydroxyl groups is 1. The second-order valence-electron chi connectivity index (χ2n) is 3.58. The third-order valence-electron chi connectivity index (χ3n) is 2.28. The molecule has 18 heavy (non-hydrogen) atoms. The molecule has 0 saturated carbocycles. The predicted molar refractivity (Wildman–Crippen MR) is 56.8 cm³/mol. The van der Waals surface area contributed by atoms with E-state index in [2.05, 4.69) is 4.74 Å². The van der Waals surface area contributed by atoms with Gasteiger partial charge in [-0.2, -0.15) is 0 Å². The number of ether oxygens (including phenoxy) is 1. The monoisotopic (exact) mass is 263 g/mol. The quantitative estimate of drug-likeness (QED) is 0.846. The van der Waals surface area contributed by atoms with Gasteiger partial charge >= 0.3 is 6.36 Å². The van der Waals surface area contributed by atoms with E-state index in [9.17, 15) is 18.0 Å². The maximum atomic E-state index is 11.9. The van der Waals surface area contributed by atoms with E-state index in [0.717, 1.165) is 12.1 Å². The number of hydrogen-bond acceptors (Lipinski definition) is 3. The second kappa shape index (κ2) is 5.72. The zero-order valence-electron chi connectivity index (χ0n) is 9.28. The second-order valence-corrected chi connectivity index (χ2v) is 3.58. The average molecular weight is 263 g/mol. The van der Waals surface area contributed by atoms with E-state index < -0.39 is 18.2 Å². The molecular weight excluding hydrogens is 251 g/mol. The Balaban J connectivity index is 2.83. The molecular formula is C11H12F3NO3. The number of carbonyl (C=O) groups is 1. The van der Waals surface area contributed by atoms with Crippen molar-refractivity contribution in [3.63, 3.8) is 0 Å². The molecule has 0 bridgehead atoms. The van der Waals surface area contributed by atoms with Crippen LogP contribution in [0.1, 0.15) is 17.9 Å². The van der Waals surface area contributed by atoms with Crippen LogP contribution in [0.5, 0.6) is 5.75 Å². The number of benzene rings is 1. The van der Waals surface area contributed by atoms with Crippen molar-refractivity contribution in [3.05, 3.63) is 29.8 Å². The summed E-state index contributed by atoms with van der Waals surface area (Å²) >= 11 is 0. The number of nitrogens with two attached hydrogens (primary N) is 1. The summed E-state index contributed by atoms with van der Waals surface area (Å²) in [5.74, 6) is -1.75. The largest absolute Gasteiger partial charge is 0.573 e. The number of amides is 1. The third kappa shape index (κ3) is 4.25. The van der Waals surface area contributed by atoms with Crippen LogP contribution in [0, 0.1) is 0 Å². The van der Waals surface area contributed by atoms with Crippen LogP contribution < -0.4 is 10.5 Å². The molecule has 7 heteroatoms. The van der Waals surface area contributed by atoms with Crippen LogP contribution >= 0.6 is 0 Å². The lowest BCUT2D eigenvalue weighted by molar-refractivity contribution is -0.274. The van der Waals surface area contributed by atoms with E-state index in [0.29, 0.717) is 5.56 Å². The van der Waals surface area contributed by atoms with Crippen molar-refractivity contribution in [1.29, 1.82) is 0 Å². The van der Waals surface area contributed by atoms with Crippen LogP contribution in [0.2, 0.25) is 0 Å². The molecule has 3 N–H and O–H groups in total. The molecule has 0 radical (unpaired) electrons. The van der Waals surface area contributed by atoms with Gasteiger partial charge in [-0.15, -0.1) is 13.2 Å². The number of aliphatic hydroxyl groups excluding tert-OH is 1. The van der Waals surface area contributed by atoms with Crippen LogP contribution in [0.25, 0.3) is 0 Å². The Morgan fingerprint density at radius 3 is 2.28 bits per heavy atom. The van der Waals surface area contributed by atoms with Gasteiger partial charge in [-0.3, -0.25) is 4.79 Å². The standard InChI is InChI=1S/C11H12F3NO3/c12-11(13,14)18-8-3-1-7(2-4-8)9(5-6-16)10(15)17/h1-4,9,16H,5-6H2,(H2,15,17). The molecule has 0 saturated heterocycles. The van der Waals surface area contributed by atoms with Crippen molar-refractivity contribution in [2.24, 2.45) is 5.73 Å². The lowest BCUT2D eigenvalue weighted by atomic mass is 9.95. The highest BCUT2D eigenvalue weighted by Crippen LogP contribution is 2.26. The highest BCUT2D eigenvalue weighted by atomic mass is 19.4. The maximum absolute atomic E-state index is 11.9. The molecule has 0 aliphatic carbocycles. The lowest BCUT2D eigenvalue weighted by Gasteiger charge is -2.13. The molecule has 1 rings (SSSR count). The van der Waals surface area contributed by atoms with E-state index >= 15 is 0 Å².